The molecule has 0 aliphatic rings. The molecule has 3 aromatic carbocycles. The van der Waals surface area contributed by atoms with Crippen LogP contribution in [0.3, 0.4) is 0 Å². The minimum absolute atomic E-state index is 0.701. The van der Waals surface area contributed by atoms with Gasteiger partial charge >= 0.3 is 0 Å². The van der Waals surface area contributed by atoms with Crippen LogP contribution in [0.1, 0.15) is 0 Å². The van der Waals surface area contributed by atoms with Crippen LogP contribution in [0.4, 0.5) is 17.1 Å². The number of nitrogens with two attached hydrogens (primary N) is 1. The highest BCUT2D eigenvalue weighted by Gasteiger charge is 2.11. The number of hydrogen-bond acceptors (Lipinski definition) is 3. The van der Waals surface area contributed by atoms with E-state index in [-0.39, 0.29) is 0 Å². The van der Waals surface area contributed by atoms with Crippen LogP contribution in [-0.2, 0) is 0 Å². The average molecular weight is 339 g/mol. The van der Waals surface area contributed by atoms with Gasteiger partial charge in [0.1, 0.15) is 5.75 Å². The molecule has 3 aromatic rings. The third kappa shape index (κ3) is 3.31. The molecular weight excluding hydrogens is 320 g/mol. The van der Waals surface area contributed by atoms with Gasteiger partial charge < -0.3 is 15.4 Å². The van der Waals surface area contributed by atoms with Crippen molar-refractivity contribution in [3.05, 3.63) is 71.8 Å². The quantitative estimate of drug-likeness (QED) is 0.650. The first-order valence-electron chi connectivity index (χ1n) is 7.62. The summed E-state index contributed by atoms with van der Waals surface area (Å²) in [6, 6.07) is 21.7. The summed E-state index contributed by atoms with van der Waals surface area (Å²) in [6.07, 6.45) is 0. The van der Waals surface area contributed by atoms with Crippen molar-refractivity contribution < 1.29 is 4.74 Å². The molecule has 24 heavy (non-hydrogen) atoms. The molecule has 0 aromatic heterocycles. The molecule has 3 nitrogen and oxygen atoms in total. The topological polar surface area (TPSA) is 38.5 Å². The van der Waals surface area contributed by atoms with E-state index in [1.165, 1.54) is 0 Å². The first kappa shape index (κ1) is 16.2. The summed E-state index contributed by atoms with van der Waals surface area (Å²) in [5.74, 6) is 0.812. The van der Waals surface area contributed by atoms with Gasteiger partial charge in [0, 0.05) is 34.7 Å². The molecule has 0 atom stereocenters. The van der Waals surface area contributed by atoms with Crippen molar-refractivity contribution in [2.45, 2.75) is 0 Å². The predicted octanol–water partition coefficient (Wildman–Crippen LogP) is 5.37. The summed E-state index contributed by atoms with van der Waals surface area (Å²) < 4.78 is 5.52. The van der Waals surface area contributed by atoms with Gasteiger partial charge in [-0.05, 0) is 60.2 Å². The fraction of sp³-hybridized carbons (Fsp3) is 0.100. The zero-order valence-electron chi connectivity index (χ0n) is 13.7. The normalized spacial score (nSPS) is 10.5. The van der Waals surface area contributed by atoms with Crippen LogP contribution in [0.2, 0.25) is 5.02 Å². The Labute approximate surface area is 147 Å². The van der Waals surface area contributed by atoms with Crippen LogP contribution in [0.25, 0.3) is 11.1 Å². The SMILES string of the molecule is COc1ccc(N(C)c2ccc(N)cc2)cc1-c1cccc(Cl)c1. The van der Waals surface area contributed by atoms with Crippen LogP contribution in [0, 0.1) is 0 Å². The molecule has 3 rings (SSSR count). The molecule has 0 aliphatic heterocycles. The molecule has 0 heterocycles. The van der Waals surface area contributed by atoms with Crippen molar-refractivity contribution in [1.82, 2.24) is 0 Å². The van der Waals surface area contributed by atoms with E-state index in [9.17, 15) is 0 Å². The van der Waals surface area contributed by atoms with Crippen LogP contribution < -0.4 is 15.4 Å². The standard InChI is InChI=1S/C20H19ClN2O/c1-23(17-8-6-16(22)7-9-17)18-10-11-20(24-2)19(13-18)14-4-3-5-15(21)12-14/h3-13H,22H2,1-2H3. The van der Waals surface area contributed by atoms with Gasteiger partial charge in [0.15, 0.2) is 0 Å². The maximum Gasteiger partial charge on any atom is 0.126 e. The molecule has 0 unspecified atom stereocenters. The van der Waals surface area contributed by atoms with E-state index in [0.717, 1.165) is 33.9 Å². The summed E-state index contributed by atoms with van der Waals surface area (Å²) in [5, 5.41) is 0.701. The summed E-state index contributed by atoms with van der Waals surface area (Å²) in [4.78, 5) is 2.10. The number of benzene rings is 3. The molecule has 0 saturated heterocycles. The van der Waals surface area contributed by atoms with Gasteiger partial charge in [0.2, 0.25) is 0 Å². The second kappa shape index (κ2) is 6.85. The first-order valence-corrected chi connectivity index (χ1v) is 7.99. The maximum atomic E-state index is 6.14. The number of nitrogen functional groups attached to an aromatic ring is 1. The Bertz CT molecular complexity index is 847. The number of anilines is 3. The summed E-state index contributed by atoms with van der Waals surface area (Å²) in [7, 11) is 3.70. The molecule has 0 aliphatic carbocycles. The number of methoxy groups -OCH3 is 1. The number of rotatable bonds is 4. The van der Waals surface area contributed by atoms with Crippen molar-refractivity contribution in [3.8, 4) is 16.9 Å². The van der Waals surface area contributed by atoms with Gasteiger partial charge in [-0.2, -0.15) is 0 Å². The molecule has 0 fully saturated rings. The first-order chi connectivity index (χ1) is 11.6. The van der Waals surface area contributed by atoms with Crippen molar-refractivity contribution in [2.24, 2.45) is 0 Å². The van der Waals surface area contributed by atoms with Crippen LogP contribution >= 0.6 is 11.6 Å². The van der Waals surface area contributed by atoms with Crippen LogP contribution in [0.15, 0.2) is 66.7 Å². The van der Waals surface area contributed by atoms with E-state index in [1.54, 1.807) is 7.11 Å². The van der Waals surface area contributed by atoms with Crippen molar-refractivity contribution in [1.29, 1.82) is 0 Å². The fourth-order valence-electron chi connectivity index (χ4n) is 2.63. The Hall–Kier alpha value is -2.65. The fourth-order valence-corrected chi connectivity index (χ4v) is 2.82. The Morgan fingerprint density at radius 3 is 2.29 bits per heavy atom. The number of halogens is 1. The molecule has 0 amide bonds. The third-order valence-corrected chi connectivity index (χ3v) is 4.22. The minimum atomic E-state index is 0.701. The van der Waals surface area contributed by atoms with Gasteiger partial charge in [-0.25, -0.2) is 0 Å². The summed E-state index contributed by atoms with van der Waals surface area (Å²) in [5.41, 5.74) is 10.7. The highest BCUT2D eigenvalue weighted by molar-refractivity contribution is 6.30. The second-order valence-electron chi connectivity index (χ2n) is 5.55. The highest BCUT2D eigenvalue weighted by Crippen LogP contribution is 2.36. The lowest BCUT2D eigenvalue weighted by Crippen LogP contribution is -2.09. The zero-order valence-corrected chi connectivity index (χ0v) is 14.4. The molecule has 0 saturated carbocycles. The van der Waals surface area contributed by atoms with Gasteiger partial charge in [-0.1, -0.05) is 23.7 Å². The average Bonchev–Trinajstić information content (AvgIpc) is 2.61. The molecule has 2 N–H and O–H groups in total. The Morgan fingerprint density at radius 2 is 1.62 bits per heavy atom. The lowest BCUT2D eigenvalue weighted by atomic mass is 10.0. The molecule has 0 spiro atoms. The van der Waals surface area contributed by atoms with Gasteiger partial charge in [0.25, 0.3) is 0 Å². The van der Waals surface area contributed by atoms with E-state index in [2.05, 4.69) is 11.0 Å². The number of hydrogen-bond donors (Lipinski definition) is 1. The molecule has 4 heteroatoms. The van der Waals surface area contributed by atoms with Crippen LogP contribution in [0.5, 0.6) is 5.75 Å². The Morgan fingerprint density at radius 1 is 0.917 bits per heavy atom. The smallest absolute Gasteiger partial charge is 0.126 e. The molecule has 0 bridgehead atoms. The second-order valence-corrected chi connectivity index (χ2v) is 5.98. The summed E-state index contributed by atoms with van der Waals surface area (Å²) in [6.45, 7) is 0. The predicted molar refractivity (Wildman–Crippen MR) is 102 cm³/mol. The van der Waals surface area contributed by atoms with Gasteiger partial charge in [0.05, 0.1) is 7.11 Å². The number of nitrogens with zero attached hydrogens (tertiary/aromatic N) is 1. The van der Waals surface area contributed by atoms with Gasteiger partial charge in [-0.15, -0.1) is 0 Å². The number of ether oxygens (including phenoxy) is 1. The highest BCUT2D eigenvalue weighted by atomic mass is 35.5. The summed E-state index contributed by atoms with van der Waals surface area (Å²) >= 11 is 6.14. The maximum absolute atomic E-state index is 6.14. The van der Waals surface area contributed by atoms with E-state index < -0.39 is 0 Å². The van der Waals surface area contributed by atoms with E-state index >= 15 is 0 Å². The minimum Gasteiger partial charge on any atom is -0.496 e. The van der Waals surface area contributed by atoms with E-state index in [4.69, 9.17) is 22.1 Å². The molecular formula is C20H19ClN2O. The van der Waals surface area contributed by atoms with Crippen molar-refractivity contribution in [2.75, 3.05) is 24.8 Å². The van der Waals surface area contributed by atoms with Crippen molar-refractivity contribution in [3.63, 3.8) is 0 Å². The van der Waals surface area contributed by atoms with Crippen molar-refractivity contribution >= 4 is 28.7 Å². The molecule has 122 valence electrons. The lowest BCUT2D eigenvalue weighted by molar-refractivity contribution is 0.416. The zero-order chi connectivity index (χ0) is 17.1. The monoisotopic (exact) mass is 338 g/mol. The largest absolute Gasteiger partial charge is 0.496 e. The van der Waals surface area contributed by atoms with E-state index in [1.807, 2.05) is 67.7 Å². The Balaban J connectivity index is 2.04. The van der Waals surface area contributed by atoms with Crippen LogP contribution in [-0.4, -0.2) is 14.2 Å². The van der Waals surface area contributed by atoms with Gasteiger partial charge in [-0.3, -0.25) is 0 Å². The Kier molecular flexibility index (Phi) is 4.63. The van der Waals surface area contributed by atoms with E-state index in [0.29, 0.717) is 5.02 Å². The lowest BCUT2D eigenvalue weighted by Gasteiger charge is -2.21. The third-order valence-electron chi connectivity index (χ3n) is 3.99. The molecule has 0 radical (unpaired) electrons.